The molecule has 2 N–H and O–H groups in total. The number of para-hydroxylation sites is 2. The fourth-order valence-corrected chi connectivity index (χ4v) is 2.20. The van der Waals surface area contributed by atoms with Crippen LogP contribution in [0.4, 0.5) is 8.78 Å². The first-order valence-corrected chi connectivity index (χ1v) is 7.03. The summed E-state index contributed by atoms with van der Waals surface area (Å²) in [5, 5.41) is 2.27. The third-order valence-corrected chi connectivity index (χ3v) is 3.44. The van der Waals surface area contributed by atoms with Gasteiger partial charge >= 0.3 is 5.92 Å². The van der Waals surface area contributed by atoms with E-state index in [4.69, 9.17) is 0 Å². The van der Waals surface area contributed by atoms with Crippen LogP contribution < -0.4 is 5.32 Å². The fourth-order valence-electron chi connectivity index (χ4n) is 2.20. The van der Waals surface area contributed by atoms with Gasteiger partial charge in [0, 0.05) is 6.20 Å². The van der Waals surface area contributed by atoms with Gasteiger partial charge in [-0.1, -0.05) is 18.2 Å². The first kappa shape index (κ1) is 15.1. The predicted octanol–water partition coefficient (Wildman–Crippen LogP) is 2.93. The van der Waals surface area contributed by atoms with E-state index in [9.17, 15) is 13.6 Å². The Hall–Kier alpha value is -2.83. The molecule has 0 aliphatic rings. The van der Waals surface area contributed by atoms with Gasteiger partial charge in [0.25, 0.3) is 5.91 Å². The summed E-state index contributed by atoms with van der Waals surface area (Å²) in [6, 6.07) is 10.6. The minimum Gasteiger partial charge on any atom is -0.341 e. The molecule has 3 rings (SSSR count). The Kier molecular flexibility index (Phi) is 3.77. The third kappa shape index (κ3) is 2.90. The van der Waals surface area contributed by atoms with Crippen LogP contribution in [0.25, 0.3) is 11.0 Å². The number of pyridine rings is 1. The zero-order valence-corrected chi connectivity index (χ0v) is 12.3. The molecule has 1 amide bonds. The van der Waals surface area contributed by atoms with Crippen LogP contribution in [0.15, 0.2) is 48.7 Å². The number of nitrogens with one attached hydrogen (secondary N) is 2. The molecule has 0 saturated heterocycles. The molecule has 2 heterocycles. The molecular formula is C16H14F2N4O. The number of amides is 1. The van der Waals surface area contributed by atoms with Crippen LogP contribution in [0, 0.1) is 0 Å². The van der Waals surface area contributed by atoms with Crippen molar-refractivity contribution < 1.29 is 13.6 Å². The van der Waals surface area contributed by atoms with Crippen molar-refractivity contribution in [2.45, 2.75) is 18.9 Å². The Labute approximate surface area is 130 Å². The Balaban J connectivity index is 1.79. The quantitative estimate of drug-likeness (QED) is 0.777. The average molecular weight is 316 g/mol. The first-order chi connectivity index (χ1) is 11.0. The second-order valence-corrected chi connectivity index (χ2v) is 5.12. The molecule has 0 saturated carbocycles. The van der Waals surface area contributed by atoms with Gasteiger partial charge in [-0.2, -0.15) is 8.78 Å². The van der Waals surface area contributed by atoms with E-state index in [1.165, 1.54) is 18.3 Å². The van der Waals surface area contributed by atoms with Crippen LogP contribution in [0.3, 0.4) is 0 Å². The van der Waals surface area contributed by atoms with Crippen LogP contribution >= 0.6 is 0 Å². The lowest BCUT2D eigenvalue weighted by atomic mass is 10.2. The van der Waals surface area contributed by atoms with Gasteiger partial charge in [0.2, 0.25) is 0 Å². The van der Waals surface area contributed by atoms with E-state index in [2.05, 4.69) is 20.3 Å². The first-order valence-electron chi connectivity index (χ1n) is 7.03. The van der Waals surface area contributed by atoms with Gasteiger partial charge in [0.05, 0.1) is 17.1 Å². The second-order valence-electron chi connectivity index (χ2n) is 5.12. The molecule has 23 heavy (non-hydrogen) atoms. The van der Waals surface area contributed by atoms with E-state index in [0.717, 1.165) is 11.6 Å². The third-order valence-electron chi connectivity index (χ3n) is 3.44. The number of hydrogen-bond donors (Lipinski definition) is 2. The number of carbonyl (C=O) groups is 1. The van der Waals surface area contributed by atoms with E-state index < -0.39 is 23.6 Å². The summed E-state index contributed by atoms with van der Waals surface area (Å²) in [5.41, 5.74) is 0.898. The highest BCUT2D eigenvalue weighted by Crippen LogP contribution is 2.27. The highest BCUT2D eigenvalue weighted by Gasteiger charge is 2.43. The molecule has 0 aliphatic carbocycles. The highest BCUT2D eigenvalue weighted by molar-refractivity contribution is 5.84. The number of hydrogen-bond acceptors (Lipinski definition) is 3. The zero-order valence-electron chi connectivity index (χ0n) is 12.3. The molecule has 118 valence electrons. The lowest BCUT2D eigenvalue weighted by molar-refractivity contribution is -0.148. The van der Waals surface area contributed by atoms with Crippen molar-refractivity contribution in [1.29, 1.82) is 0 Å². The van der Waals surface area contributed by atoms with E-state index in [1.807, 2.05) is 18.2 Å². The highest BCUT2D eigenvalue weighted by atomic mass is 19.3. The van der Waals surface area contributed by atoms with Gasteiger partial charge in [-0.25, -0.2) is 4.98 Å². The lowest BCUT2D eigenvalue weighted by Crippen LogP contribution is -2.40. The summed E-state index contributed by atoms with van der Waals surface area (Å²) < 4.78 is 28.2. The molecule has 3 aromatic rings. The summed E-state index contributed by atoms with van der Waals surface area (Å²) >= 11 is 0. The van der Waals surface area contributed by atoms with E-state index in [-0.39, 0.29) is 0 Å². The lowest BCUT2D eigenvalue weighted by Gasteiger charge is -2.18. The number of carbonyl (C=O) groups excluding carboxylic acids is 1. The topological polar surface area (TPSA) is 70.7 Å². The van der Waals surface area contributed by atoms with Crippen LogP contribution in [0.2, 0.25) is 0 Å². The number of aromatic amines is 1. The number of alkyl halides is 2. The van der Waals surface area contributed by atoms with E-state index in [0.29, 0.717) is 11.3 Å². The van der Waals surface area contributed by atoms with Crippen LogP contribution in [-0.4, -0.2) is 20.9 Å². The molecule has 0 fully saturated rings. The molecule has 1 atom stereocenters. The van der Waals surface area contributed by atoms with Crippen molar-refractivity contribution >= 4 is 16.9 Å². The number of halogens is 2. The molecule has 0 aliphatic heterocycles. The summed E-state index contributed by atoms with van der Waals surface area (Å²) in [5.74, 6) is -4.71. The van der Waals surface area contributed by atoms with Crippen LogP contribution in [0.1, 0.15) is 24.5 Å². The number of fused-ring (bicyclic) bond motifs is 1. The summed E-state index contributed by atoms with van der Waals surface area (Å²) in [7, 11) is 0. The van der Waals surface area contributed by atoms with Gasteiger partial charge in [-0.3, -0.25) is 9.78 Å². The number of rotatable bonds is 4. The molecule has 0 bridgehead atoms. The average Bonchev–Trinajstić information content (AvgIpc) is 2.99. The fraction of sp³-hybridized carbons (Fsp3) is 0.188. The maximum atomic E-state index is 14.1. The van der Waals surface area contributed by atoms with Crippen molar-refractivity contribution in [3.05, 3.63) is 60.2 Å². The van der Waals surface area contributed by atoms with Gasteiger partial charge in [-0.05, 0) is 31.2 Å². The minimum atomic E-state index is -3.71. The molecule has 7 heteroatoms. The van der Waals surface area contributed by atoms with Crippen molar-refractivity contribution in [2.75, 3.05) is 0 Å². The van der Waals surface area contributed by atoms with E-state index >= 15 is 0 Å². The molecule has 2 aromatic heterocycles. The molecular weight excluding hydrogens is 302 g/mol. The van der Waals surface area contributed by atoms with Gasteiger partial charge in [0.1, 0.15) is 11.5 Å². The van der Waals surface area contributed by atoms with Crippen LogP contribution in [0.5, 0.6) is 0 Å². The van der Waals surface area contributed by atoms with Gasteiger partial charge in [-0.15, -0.1) is 0 Å². The Bertz CT molecular complexity index is 799. The normalized spacial score (nSPS) is 13.0. The monoisotopic (exact) mass is 316 g/mol. The number of aromatic nitrogens is 3. The Morgan fingerprint density at radius 1 is 1.22 bits per heavy atom. The maximum Gasteiger partial charge on any atom is 0.366 e. The summed E-state index contributed by atoms with van der Waals surface area (Å²) in [6.45, 7) is 1.59. The summed E-state index contributed by atoms with van der Waals surface area (Å²) in [6.07, 6.45) is 1.22. The number of nitrogens with zero attached hydrogens (tertiary/aromatic N) is 2. The number of benzene rings is 1. The predicted molar refractivity (Wildman–Crippen MR) is 80.8 cm³/mol. The van der Waals surface area contributed by atoms with Crippen molar-refractivity contribution in [2.24, 2.45) is 0 Å². The molecule has 1 aromatic carbocycles. The van der Waals surface area contributed by atoms with Crippen molar-refractivity contribution in [3.8, 4) is 0 Å². The molecule has 0 spiro atoms. The number of H-pyrrole nitrogens is 1. The van der Waals surface area contributed by atoms with Gasteiger partial charge in [0.15, 0.2) is 0 Å². The zero-order chi connectivity index (χ0) is 16.4. The van der Waals surface area contributed by atoms with Crippen LogP contribution in [-0.2, 0) is 10.7 Å². The van der Waals surface area contributed by atoms with Crippen molar-refractivity contribution in [1.82, 2.24) is 20.3 Å². The minimum absolute atomic E-state index is 0.413. The van der Waals surface area contributed by atoms with E-state index in [1.54, 1.807) is 13.0 Å². The summed E-state index contributed by atoms with van der Waals surface area (Å²) in [4.78, 5) is 22.8. The molecule has 0 unspecified atom stereocenters. The van der Waals surface area contributed by atoms with Gasteiger partial charge < -0.3 is 10.3 Å². The Morgan fingerprint density at radius 2 is 1.96 bits per heavy atom. The SMILES string of the molecule is C[C@H](NC(=O)C(F)(F)c1ccccn1)c1nc2ccccc2[nH]1. The second kappa shape index (κ2) is 5.75. The molecule has 5 nitrogen and oxygen atoms in total. The smallest absolute Gasteiger partial charge is 0.341 e. The largest absolute Gasteiger partial charge is 0.366 e. The number of imidazole rings is 1. The maximum absolute atomic E-state index is 14.1. The standard InChI is InChI=1S/C16H14F2N4O/c1-10(14-21-11-6-2-3-7-12(11)22-14)20-15(23)16(17,18)13-8-4-5-9-19-13/h2-10H,1H3,(H,20,23)(H,21,22)/t10-/m0/s1. The van der Waals surface area contributed by atoms with Crippen molar-refractivity contribution in [3.63, 3.8) is 0 Å². The molecule has 0 radical (unpaired) electrons. The Morgan fingerprint density at radius 3 is 2.65 bits per heavy atom.